The van der Waals surface area contributed by atoms with Crippen LogP contribution in [0.4, 0.5) is 0 Å². The summed E-state index contributed by atoms with van der Waals surface area (Å²) in [6.07, 6.45) is 0. The maximum atomic E-state index is 9.85. The van der Waals surface area contributed by atoms with Crippen molar-refractivity contribution in [2.75, 3.05) is 0 Å². The molecule has 102 valence electrons. The van der Waals surface area contributed by atoms with E-state index >= 15 is 0 Å². The molecule has 2 aromatic carbocycles. The van der Waals surface area contributed by atoms with Crippen molar-refractivity contribution in [1.82, 2.24) is 0 Å². The largest absolute Gasteiger partial charge is 0.504 e. The first-order chi connectivity index (χ1) is 9.19. The third kappa shape index (κ3) is 1.82. The van der Waals surface area contributed by atoms with Crippen LogP contribution in [0, 0.1) is 0 Å². The first kappa shape index (κ1) is 13.0. The summed E-state index contributed by atoms with van der Waals surface area (Å²) in [4.78, 5) is 15.8. The molecule has 0 radical (unpaired) electrons. The Labute approximate surface area is 104 Å². The summed E-state index contributed by atoms with van der Waals surface area (Å²) in [5.74, 6) is -2.82. The highest BCUT2D eigenvalue weighted by Gasteiger charge is 2.27. The lowest BCUT2D eigenvalue weighted by Gasteiger charge is -2.13. The molecule has 0 heterocycles. The predicted octanol–water partition coefficient (Wildman–Crippen LogP) is 1.95. The van der Waals surface area contributed by atoms with Gasteiger partial charge in [-0.15, -0.1) is 0 Å². The summed E-state index contributed by atoms with van der Waals surface area (Å²) in [7, 11) is 0. The maximum Gasteiger partial charge on any atom is 0.261 e. The van der Waals surface area contributed by atoms with Crippen molar-refractivity contribution in [3.63, 3.8) is 0 Å². The molecule has 0 aliphatic rings. The van der Waals surface area contributed by atoms with Crippen molar-refractivity contribution >= 4 is 10.8 Å². The minimum atomic E-state index is -0.723. The Hall–Kier alpha value is -2.46. The van der Waals surface area contributed by atoms with Crippen molar-refractivity contribution in [1.29, 1.82) is 0 Å². The number of benzene rings is 2. The zero-order valence-electron chi connectivity index (χ0n) is 9.10. The second kappa shape index (κ2) is 5.04. The van der Waals surface area contributed by atoms with Gasteiger partial charge >= 0.3 is 0 Å². The van der Waals surface area contributed by atoms with Gasteiger partial charge in [-0.2, -0.15) is 0 Å². The summed E-state index contributed by atoms with van der Waals surface area (Å²) in [6, 6.07) is 4.03. The van der Waals surface area contributed by atoms with Crippen molar-refractivity contribution in [3.05, 3.63) is 18.2 Å². The predicted molar refractivity (Wildman–Crippen MR) is 58.6 cm³/mol. The SMILES string of the molecule is OOc1c(OO)c(OO)c2c(OO)cccc2c1O. The third-order valence-corrected chi connectivity index (χ3v) is 2.51. The van der Waals surface area contributed by atoms with Gasteiger partial charge in [-0.1, -0.05) is 12.1 Å². The second-order valence-electron chi connectivity index (χ2n) is 3.38. The van der Waals surface area contributed by atoms with Gasteiger partial charge in [-0.3, -0.25) is 0 Å². The van der Waals surface area contributed by atoms with Gasteiger partial charge in [0.1, 0.15) is 0 Å². The lowest BCUT2D eigenvalue weighted by atomic mass is 10.1. The highest BCUT2D eigenvalue weighted by molar-refractivity contribution is 6.02. The lowest BCUT2D eigenvalue weighted by molar-refractivity contribution is -0.178. The standard InChI is InChI=1S/C10H8O9/c11-7-4-2-1-3-5(16-12)6(4)8(17-13)10(19-15)9(7)18-14/h1-3,11-15H. The summed E-state index contributed by atoms with van der Waals surface area (Å²) in [6.45, 7) is 0. The molecular formula is C10H8O9. The van der Waals surface area contributed by atoms with E-state index in [2.05, 4.69) is 19.6 Å². The number of aromatic hydroxyl groups is 1. The van der Waals surface area contributed by atoms with Gasteiger partial charge in [-0.05, 0) is 6.07 Å². The molecule has 2 rings (SSSR count). The van der Waals surface area contributed by atoms with E-state index in [1.807, 2.05) is 0 Å². The van der Waals surface area contributed by atoms with Gasteiger partial charge in [0, 0.05) is 5.39 Å². The Balaban J connectivity index is 2.99. The molecule has 0 saturated heterocycles. The zero-order valence-corrected chi connectivity index (χ0v) is 9.10. The fraction of sp³-hybridized carbons (Fsp3) is 0. The Morgan fingerprint density at radius 1 is 0.737 bits per heavy atom. The lowest BCUT2D eigenvalue weighted by Crippen LogP contribution is -1.99. The third-order valence-electron chi connectivity index (χ3n) is 2.51. The quantitative estimate of drug-likeness (QED) is 0.417. The Morgan fingerprint density at radius 2 is 1.37 bits per heavy atom. The molecule has 19 heavy (non-hydrogen) atoms. The van der Waals surface area contributed by atoms with Crippen LogP contribution in [0.1, 0.15) is 0 Å². The highest BCUT2D eigenvalue weighted by Crippen LogP contribution is 2.52. The number of phenolic OH excluding ortho intramolecular Hbond substituents is 1. The van der Waals surface area contributed by atoms with Crippen molar-refractivity contribution in [2.45, 2.75) is 0 Å². The Bertz CT molecular complexity index is 610. The fourth-order valence-corrected chi connectivity index (χ4v) is 1.74. The number of fused-ring (bicyclic) bond motifs is 1. The molecule has 2 aromatic rings. The van der Waals surface area contributed by atoms with Crippen LogP contribution in [-0.4, -0.2) is 26.1 Å². The zero-order chi connectivity index (χ0) is 14.0. The van der Waals surface area contributed by atoms with Crippen LogP contribution in [0.2, 0.25) is 0 Å². The molecule has 0 bridgehead atoms. The molecule has 0 amide bonds. The van der Waals surface area contributed by atoms with Crippen LogP contribution in [-0.2, 0) is 0 Å². The van der Waals surface area contributed by atoms with Gasteiger partial charge in [0.05, 0.1) is 5.39 Å². The number of hydrogen-bond donors (Lipinski definition) is 5. The van der Waals surface area contributed by atoms with Gasteiger partial charge < -0.3 is 24.7 Å². The average molecular weight is 272 g/mol. The van der Waals surface area contributed by atoms with E-state index in [1.165, 1.54) is 18.2 Å². The molecule has 0 aliphatic heterocycles. The fourth-order valence-electron chi connectivity index (χ4n) is 1.74. The summed E-state index contributed by atoms with van der Waals surface area (Å²) < 4.78 is 0. The smallest absolute Gasteiger partial charge is 0.261 e. The summed E-state index contributed by atoms with van der Waals surface area (Å²) in [5, 5.41) is 44.7. The van der Waals surface area contributed by atoms with Gasteiger partial charge in [0.2, 0.25) is 5.75 Å². The molecule has 0 aromatic heterocycles. The van der Waals surface area contributed by atoms with Gasteiger partial charge in [0.25, 0.3) is 11.5 Å². The summed E-state index contributed by atoms with van der Waals surface area (Å²) in [5.41, 5.74) is 0. The monoisotopic (exact) mass is 272 g/mol. The van der Waals surface area contributed by atoms with Crippen LogP contribution < -0.4 is 19.6 Å². The highest BCUT2D eigenvalue weighted by atomic mass is 17.1. The normalized spacial score (nSPS) is 10.3. The number of phenols is 1. The van der Waals surface area contributed by atoms with E-state index in [0.717, 1.165) is 0 Å². The van der Waals surface area contributed by atoms with Crippen LogP contribution in [0.25, 0.3) is 10.8 Å². The van der Waals surface area contributed by atoms with E-state index < -0.39 is 23.0 Å². The first-order valence-corrected chi connectivity index (χ1v) is 4.76. The van der Waals surface area contributed by atoms with E-state index in [-0.39, 0.29) is 16.5 Å². The number of hydrogen-bond acceptors (Lipinski definition) is 9. The minimum absolute atomic E-state index is 0.0135. The molecule has 0 fully saturated rings. The van der Waals surface area contributed by atoms with E-state index in [4.69, 9.17) is 21.0 Å². The van der Waals surface area contributed by atoms with Crippen molar-refractivity contribution < 1.29 is 45.7 Å². The molecule has 0 unspecified atom stereocenters. The Kier molecular flexibility index (Phi) is 3.44. The molecule has 0 saturated carbocycles. The summed E-state index contributed by atoms with van der Waals surface area (Å²) >= 11 is 0. The molecule has 0 spiro atoms. The molecule has 0 atom stereocenters. The number of rotatable bonds is 4. The Morgan fingerprint density at radius 3 is 1.89 bits per heavy atom. The van der Waals surface area contributed by atoms with E-state index in [0.29, 0.717) is 0 Å². The van der Waals surface area contributed by atoms with Crippen molar-refractivity contribution in [2.24, 2.45) is 0 Å². The van der Waals surface area contributed by atoms with Crippen molar-refractivity contribution in [3.8, 4) is 28.7 Å². The van der Waals surface area contributed by atoms with E-state index in [1.54, 1.807) is 0 Å². The molecule has 9 heteroatoms. The van der Waals surface area contributed by atoms with Crippen LogP contribution in [0.15, 0.2) is 18.2 Å². The molecular weight excluding hydrogens is 264 g/mol. The van der Waals surface area contributed by atoms with E-state index in [9.17, 15) is 5.11 Å². The molecule has 5 N–H and O–H groups in total. The maximum absolute atomic E-state index is 9.85. The minimum Gasteiger partial charge on any atom is -0.504 e. The topological polar surface area (TPSA) is 138 Å². The second-order valence-corrected chi connectivity index (χ2v) is 3.38. The molecule has 9 nitrogen and oxygen atoms in total. The first-order valence-electron chi connectivity index (χ1n) is 4.76. The van der Waals surface area contributed by atoms with Gasteiger partial charge in [-0.25, -0.2) is 21.0 Å². The average Bonchev–Trinajstić information content (AvgIpc) is 2.46. The molecule has 0 aliphatic carbocycles. The van der Waals surface area contributed by atoms with Crippen LogP contribution in [0.3, 0.4) is 0 Å². The van der Waals surface area contributed by atoms with Crippen LogP contribution in [0.5, 0.6) is 28.7 Å². The van der Waals surface area contributed by atoms with Gasteiger partial charge in [0.15, 0.2) is 11.5 Å². The van der Waals surface area contributed by atoms with Crippen LogP contribution >= 0.6 is 0 Å².